The molecule has 0 aliphatic rings. The van der Waals surface area contributed by atoms with Gasteiger partial charge in [0, 0.05) is 27.4 Å². The molecule has 2 N–H and O–H groups in total. The Morgan fingerprint density at radius 3 is 1.19 bits per heavy atom. The van der Waals surface area contributed by atoms with Crippen LogP contribution in [0.1, 0.15) is 25.7 Å². The molecule has 0 aliphatic heterocycles. The summed E-state index contributed by atoms with van der Waals surface area (Å²) >= 11 is 0. The zero-order chi connectivity index (χ0) is 20.5. The van der Waals surface area contributed by atoms with Crippen molar-refractivity contribution in [2.75, 3.05) is 41.7 Å². The second-order valence-corrected chi connectivity index (χ2v) is 5.19. The molecule has 0 bridgehead atoms. The highest BCUT2D eigenvalue weighted by Gasteiger charge is 2.21. The lowest BCUT2D eigenvalue weighted by atomic mass is 10.0. The molecule has 152 valence electrons. The van der Waals surface area contributed by atoms with Crippen molar-refractivity contribution < 1.29 is 48.3 Å². The maximum atomic E-state index is 10.8. The van der Waals surface area contributed by atoms with Crippen LogP contribution in [0.3, 0.4) is 0 Å². The molecule has 0 radical (unpaired) electrons. The number of carbonyl (C=O) groups is 4. The zero-order valence-corrected chi connectivity index (χ0v) is 15.6. The quantitative estimate of drug-likeness (QED) is 0.461. The van der Waals surface area contributed by atoms with Crippen molar-refractivity contribution in [3.05, 3.63) is 0 Å². The van der Waals surface area contributed by atoms with E-state index in [1.54, 1.807) is 0 Å². The molecule has 10 heteroatoms. The number of rotatable bonds is 12. The van der Waals surface area contributed by atoms with Gasteiger partial charge in [-0.05, 0) is 12.8 Å². The predicted molar refractivity (Wildman–Crippen MR) is 88.5 cm³/mol. The monoisotopic (exact) mass is 380 g/mol. The van der Waals surface area contributed by atoms with Crippen LogP contribution < -0.4 is 0 Å². The summed E-state index contributed by atoms with van der Waals surface area (Å²) in [7, 11) is 5.43. The van der Waals surface area contributed by atoms with Crippen LogP contribution in [-0.2, 0) is 38.1 Å². The number of esters is 2. The first-order valence-electron chi connectivity index (χ1n) is 7.80. The first kappa shape index (κ1) is 26.0. The number of carbonyl (C=O) groups excluding carboxylic acids is 2. The Morgan fingerprint density at radius 1 is 0.692 bits per heavy atom. The van der Waals surface area contributed by atoms with E-state index >= 15 is 0 Å². The lowest BCUT2D eigenvalue weighted by Crippen LogP contribution is -2.20. The van der Waals surface area contributed by atoms with Crippen molar-refractivity contribution in [1.82, 2.24) is 0 Å². The average Bonchev–Trinajstić information content (AvgIpc) is 2.61. The van der Waals surface area contributed by atoms with Crippen molar-refractivity contribution >= 4 is 23.9 Å². The topological polar surface area (TPSA) is 146 Å². The zero-order valence-electron chi connectivity index (χ0n) is 15.6. The minimum absolute atomic E-state index is 0.102. The summed E-state index contributed by atoms with van der Waals surface area (Å²) in [5, 5.41) is 17.4. The molecule has 0 fully saturated rings. The Morgan fingerprint density at radius 2 is 1.00 bits per heavy atom. The third kappa shape index (κ3) is 14.2. The summed E-state index contributed by atoms with van der Waals surface area (Å²) in [6.45, 7) is 0.655. The fraction of sp³-hybridized carbons (Fsp3) is 0.750. The van der Waals surface area contributed by atoms with Gasteiger partial charge < -0.3 is 29.2 Å². The van der Waals surface area contributed by atoms with E-state index in [4.69, 9.17) is 19.7 Å². The maximum Gasteiger partial charge on any atom is 0.307 e. The molecule has 2 atom stereocenters. The normalized spacial score (nSPS) is 12.2. The SMILES string of the molecule is COCC[C@@H](CC(=O)OC)C(=O)O.COCC[C@H](CC(=O)OC)C(=O)O. The van der Waals surface area contributed by atoms with Crippen molar-refractivity contribution in [3.8, 4) is 0 Å². The van der Waals surface area contributed by atoms with E-state index in [0.29, 0.717) is 26.1 Å². The van der Waals surface area contributed by atoms with Gasteiger partial charge in [0.25, 0.3) is 0 Å². The predicted octanol–water partition coefficient (Wildman–Crippen LogP) is 0.574. The molecule has 0 spiro atoms. The third-order valence-electron chi connectivity index (χ3n) is 3.32. The Balaban J connectivity index is 0. The van der Waals surface area contributed by atoms with Gasteiger partial charge in [0.2, 0.25) is 0 Å². The van der Waals surface area contributed by atoms with Crippen LogP contribution in [0, 0.1) is 11.8 Å². The number of methoxy groups -OCH3 is 4. The molecule has 0 heterocycles. The molecule has 0 aromatic carbocycles. The van der Waals surface area contributed by atoms with Gasteiger partial charge in [0.1, 0.15) is 0 Å². The van der Waals surface area contributed by atoms with E-state index in [1.165, 1.54) is 28.4 Å². The smallest absolute Gasteiger partial charge is 0.307 e. The number of carboxylic acids is 2. The van der Waals surface area contributed by atoms with E-state index in [1.807, 2.05) is 0 Å². The molecule has 10 nitrogen and oxygen atoms in total. The molecule has 0 saturated carbocycles. The van der Waals surface area contributed by atoms with Gasteiger partial charge in [-0.3, -0.25) is 19.2 Å². The van der Waals surface area contributed by atoms with Crippen LogP contribution in [-0.4, -0.2) is 75.7 Å². The van der Waals surface area contributed by atoms with Crippen LogP contribution in [0.4, 0.5) is 0 Å². The van der Waals surface area contributed by atoms with E-state index in [2.05, 4.69) is 9.47 Å². The summed E-state index contributed by atoms with van der Waals surface area (Å²) in [6, 6.07) is 0. The number of hydrogen-bond acceptors (Lipinski definition) is 8. The van der Waals surface area contributed by atoms with Gasteiger partial charge in [-0.1, -0.05) is 0 Å². The van der Waals surface area contributed by atoms with Crippen LogP contribution in [0.2, 0.25) is 0 Å². The van der Waals surface area contributed by atoms with Crippen molar-refractivity contribution in [2.45, 2.75) is 25.7 Å². The fourth-order valence-electron chi connectivity index (χ4n) is 1.71. The van der Waals surface area contributed by atoms with Crippen LogP contribution in [0.5, 0.6) is 0 Å². The van der Waals surface area contributed by atoms with Crippen LogP contribution >= 0.6 is 0 Å². The Bertz CT molecular complexity index is 395. The number of hydrogen-bond donors (Lipinski definition) is 2. The minimum Gasteiger partial charge on any atom is -0.481 e. The summed E-state index contributed by atoms with van der Waals surface area (Å²) in [6.07, 6.45) is 0.437. The molecule has 0 aromatic heterocycles. The third-order valence-corrected chi connectivity index (χ3v) is 3.32. The number of carboxylic acid groups (broad SMARTS) is 2. The Labute approximate surface area is 152 Å². The first-order valence-corrected chi connectivity index (χ1v) is 7.80. The van der Waals surface area contributed by atoms with Crippen molar-refractivity contribution in [1.29, 1.82) is 0 Å². The standard InChI is InChI=1S/2C8H14O5/c2*1-12-4-3-6(8(10)11)5-7(9)13-2/h2*6H,3-5H2,1-2H3,(H,10,11)/t2*6-/m10/s1. The molecule has 0 rings (SSSR count). The number of ether oxygens (including phenoxy) is 4. The lowest BCUT2D eigenvalue weighted by molar-refractivity contribution is -0.150. The highest BCUT2D eigenvalue weighted by atomic mass is 16.5. The summed E-state index contributed by atoms with van der Waals surface area (Å²) < 4.78 is 18.2. The number of aliphatic carboxylic acids is 2. The van der Waals surface area contributed by atoms with Gasteiger partial charge >= 0.3 is 23.9 Å². The van der Waals surface area contributed by atoms with Gasteiger partial charge in [-0.15, -0.1) is 0 Å². The summed E-state index contributed by atoms with van der Waals surface area (Å²) in [5.74, 6) is -4.45. The van der Waals surface area contributed by atoms with E-state index in [9.17, 15) is 19.2 Å². The van der Waals surface area contributed by atoms with Gasteiger partial charge in [0.05, 0.1) is 38.9 Å². The lowest BCUT2D eigenvalue weighted by Gasteiger charge is -2.09. The van der Waals surface area contributed by atoms with Gasteiger partial charge in [0.15, 0.2) is 0 Å². The van der Waals surface area contributed by atoms with E-state index in [-0.39, 0.29) is 12.8 Å². The first-order chi connectivity index (χ1) is 12.2. The molecule has 0 aromatic rings. The Kier molecular flexibility index (Phi) is 16.3. The molecule has 0 saturated heterocycles. The largest absolute Gasteiger partial charge is 0.481 e. The maximum absolute atomic E-state index is 10.8. The van der Waals surface area contributed by atoms with Crippen LogP contribution in [0.25, 0.3) is 0 Å². The second-order valence-electron chi connectivity index (χ2n) is 5.19. The second kappa shape index (κ2) is 16.3. The molecular weight excluding hydrogens is 352 g/mol. The van der Waals surface area contributed by atoms with Crippen LogP contribution in [0.15, 0.2) is 0 Å². The van der Waals surface area contributed by atoms with Gasteiger partial charge in [-0.2, -0.15) is 0 Å². The van der Waals surface area contributed by atoms with Crippen molar-refractivity contribution in [2.24, 2.45) is 11.8 Å². The molecule has 26 heavy (non-hydrogen) atoms. The summed E-state index contributed by atoms with van der Waals surface area (Å²) in [4.78, 5) is 42.7. The van der Waals surface area contributed by atoms with E-state index in [0.717, 1.165) is 0 Å². The van der Waals surface area contributed by atoms with Crippen molar-refractivity contribution in [3.63, 3.8) is 0 Å². The highest BCUT2D eigenvalue weighted by molar-refractivity contribution is 5.79. The molecular formula is C16H28O10. The Hall–Kier alpha value is -2.20. The molecule has 0 amide bonds. The summed E-state index contributed by atoms with van der Waals surface area (Å²) in [5.41, 5.74) is 0. The van der Waals surface area contributed by atoms with Gasteiger partial charge in [-0.25, -0.2) is 0 Å². The minimum atomic E-state index is -0.998. The molecule has 0 aliphatic carbocycles. The molecule has 0 unspecified atom stereocenters. The van der Waals surface area contributed by atoms with E-state index < -0.39 is 35.7 Å². The highest BCUT2D eigenvalue weighted by Crippen LogP contribution is 2.10. The average molecular weight is 380 g/mol. The fourth-order valence-corrected chi connectivity index (χ4v) is 1.71.